The molecule has 0 aromatic heterocycles. The van der Waals surface area contributed by atoms with Crippen LogP contribution in [0, 0.1) is 5.41 Å². The molecule has 120 valence electrons. The Morgan fingerprint density at radius 1 is 0.950 bits per heavy atom. The number of nitrogens with zero attached hydrogens (tertiary/aromatic N) is 1. The second-order valence-electron chi connectivity index (χ2n) is 6.23. The van der Waals surface area contributed by atoms with Crippen molar-refractivity contribution >= 4 is 0 Å². The van der Waals surface area contributed by atoms with Crippen molar-refractivity contribution in [1.82, 2.24) is 4.90 Å². The second-order valence-corrected chi connectivity index (χ2v) is 6.23. The van der Waals surface area contributed by atoms with E-state index in [2.05, 4.69) is 4.90 Å². The zero-order valence-electron chi connectivity index (χ0n) is 13.5. The molecule has 20 heavy (non-hydrogen) atoms. The van der Waals surface area contributed by atoms with Gasteiger partial charge in [-0.1, -0.05) is 25.7 Å². The summed E-state index contributed by atoms with van der Waals surface area (Å²) in [4.78, 5) is 2.53. The number of hydrogen-bond donors (Lipinski definition) is 1. The Labute approximate surface area is 125 Å². The Kier molecular flexibility index (Phi) is 9.44. The highest BCUT2D eigenvalue weighted by Crippen LogP contribution is 2.35. The fraction of sp³-hybridized carbons (Fsp3) is 1.00. The van der Waals surface area contributed by atoms with E-state index in [0.29, 0.717) is 5.41 Å². The number of hydrogen-bond acceptors (Lipinski definition) is 4. The van der Waals surface area contributed by atoms with Gasteiger partial charge in [0.15, 0.2) is 0 Å². The van der Waals surface area contributed by atoms with Gasteiger partial charge in [0.25, 0.3) is 0 Å². The normalized spacial score (nSPS) is 19.2. The average Bonchev–Trinajstić information content (AvgIpc) is 2.71. The van der Waals surface area contributed by atoms with Gasteiger partial charge in [-0.05, 0) is 31.2 Å². The van der Waals surface area contributed by atoms with Crippen LogP contribution >= 0.6 is 0 Å². The molecule has 1 fully saturated rings. The van der Waals surface area contributed by atoms with Crippen molar-refractivity contribution in [2.24, 2.45) is 11.1 Å². The molecule has 0 spiro atoms. The summed E-state index contributed by atoms with van der Waals surface area (Å²) in [5.74, 6) is 0. The summed E-state index contributed by atoms with van der Waals surface area (Å²) in [5, 5.41) is 0. The highest BCUT2D eigenvalue weighted by atomic mass is 16.5. The lowest BCUT2D eigenvalue weighted by atomic mass is 9.80. The molecule has 0 atom stereocenters. The van der Waals surface area contributed by atoms with Crippen LogP contribution in [0.2, 0.25) is 0 Å². The summed E-state index contributed by atoms with van der Waals surface area (Å²) in [6.07, 6.45) is 9.10. The van der Waals surface area contributed by atoms with Crippen LogP contribution in [0.5, 0.6) is 0 Å². The minimum Gasteiger partial charge on any atom is -0.385 e. The third kappa shape index (κ3) is 6.53. The molecule has 0 heterocycles. The molecule has 0 bridgehead atoms. The fourth-order valence-electron chi connectivity index (χ4n) is 3.30. The predicted molar refractivity (Wildman–Crippen MR) is 84.0 cm³/mol. The standard InChI is InChI=1S/C16H34N2O2/c1-19-12-7-10-18(11-13-20-2)15-16(14-17)8-5-3-4-6-9-16/h3-15,17H2,1-2H3. The fourth-order valence-corrected chi connectivity index (χ4v) is 3.30. The van der Waals surface area contributed by atoms with Crippen LogP contribution in [0.1, 0.15) is 44.9 Å². The SMILES string of the molecule is COCCCN(CCOC)CC1(CN)CCCCCC1. The molecule has 2 N–H and O–H groups in total. The third-order valence-electron chi connectivity index (χ3n) is 4.59. The van der Waals surface area contributed by atoms with Gasteiger partial charge in [0.1, 0.15) is 0 Å². The van der Waals surface area contributed by atoms with Gasteiger partial charge in [-0.25, -0.2) is 0 Å². The van der Waals surface area contributed by atoms with E-state index < -0.39 is 0 Å². The lowest BCUT2D eigenvalue weighted by Crippen LogP contribution is -2.44. The van der Waals surface area contributed by atoms with Gasteiger partial charge in [0.2, 0.25) is 0 Å². The molecule has 4 nitrogen and oxygen atoms in total. The molecule has 0 unspecified atom stereocenters. The first-order valence-corrected chi connectivity index (χ1v) is 8.16. The van der Waals surface area contributed by atoms with Crippen LogP contribution in [0.4, 0.5) is 0 Å². The van der Waals surface area contributed by atoms with Crippen molar-refractivity contribution in [3.8, 4) is 0 Å². The molecule has 0 aromatic rings. The Balaban J connectivity index is 2.53. The van der Waals surface area contributed by atoms with Crippen LogP contribution in [-0.4, -0.2) is 58.5 Å². The van der Waals surface area contributed by atoms with E-state index in [0.717, 1.165) is 45.8 Å². The van der Waals surface area contributed by atoms with Gasteiger partial charge >= 0.3 is 0 Å². The molecular formula is C16H34N2O2. The summed E-state index contributed by atoms with van der Waals surface area (Å²) in [5.41, 5.74) is 6.49. The van der Waals surface area contributed by atoms with Gasteiger partial charge in [0.05, 0.1) is 6.61 Å². The van der Waals surface area contributed by atoms with Crippen molar-refractivity contribution in [2.75, 3.05) is 53.6 Å². The lowest BCUT2D eigenvalue weighted by Gasteiger charge is -2.37. The van der Waals surface area contributed by atoms with Crippen LogP contribution in [0.25, 0.3) is 0 Å². The molecule has 1 rings (SSSR count). The monoisotopic (exact) mass is 286 g/mol. The average molecular weight is 286 g/mol. The quantitative estimate of drug-likeness (QED) is 0.494. The van der Waals surface area contributed by atoms with E-state index in [1.165, 1.54) is 38.5 Å². The lowest BCUT2D eigenvalue weighted by molar-refractivity contribution is 0.0893. The number of nitrogens with two attached hydrogens (primary N) is 1. The zero-order chi connectivity index (χ0) is 14.7. The minimum absolute atomic E-state index is 0.331. The molecule has 1 aliphatic rings. The molecule has 1 saturated carbocycles. The van der Waals surface area contributed by atoms with Crippen LogP contribution in [0.15, 0.2) is 0 Å². The van der Waals surface area contributed by atoms with Crippen molar-refractivity contribution in [2.45, 2.75) is 44.9 Å². The van der Waals surface area contributed by atoms with Crippen LogP contribution in [-0.2, 0) is 9.47 Å². The van der Waals surface area contributed by atoms with Gasteiger partial charge in [0, 0.05) is 40.5 Å². The van der Waals surface area contributed by atoms with Crippen LogP contribution in [0.3, 0.4) is 0 Å². The summed E-state index contributed by atoms with van der Waals surface area (Å²) in [6.45, 7) is 5.66. The van der Waals surface area contributed by atoms with E-state index in [-0.39, 0.29) is 0 Å². The molecule has 0 saturated heterocycles. The highest BCUT2D eigenvalue weighted by molar-refractivity contribution is 4.86. The first kappa shape index (κ1) is 17.9. The summed E-state index contributed by atoms with van der Waals surface area (Å²) < 4.78 is 10.4. The number of ether oxygens (including phenoxy) is 2. The molecule has 4 heteroatoms. The Morgan fingerprint density at radius 3 is 2.15 bits per heavy atom. The first-order chi connectivity index (χ1) is 9.76. The Hall–Kier alpha value is -0.160. The topological polar surface area (TPSA) is 47.7 Å². The zero-order valence-corrected chi connectivity index (χ0v) is 13.5. The van der Waals surface area contributed by atoms with E-state index in [1.54, 1.807) is 14.2 Å². The molecule has 0 amide bonds. The summed E-state index contributed by atoms with van der Waals surface area (Å²) in [6, 6.07) is 0. The Bertz CT molecular complexity index is 229. The van der Waals surface area contributed by atoms with E-state index >= 15 is 0 Å². The van der Waals surface area contributed by atoms with E-state index in [9.17, 15) is 0 Å². The molecule has 0 aliphatic heterocycles. The largest absolute Gasteiger partial charge is 0.385 e. The molecule has 0 aromatic carbocycles. The molecular weight excluding hydrogens is 252 g/mol. The summed E-state index contributed by atoms with van der Waals surface area (Å²) in [7, 11) is 3.55. The second kappa shape index (κ2) is 10.6. The van der Waals surface area contributed by atoms with Crippen molar-refractivity contribution < 1.29 is 9.47 Å². The molecule has 1 aliphatic carbocycles. The third-order valence-corrected chi connectivity index (χ3v) is 4.59. The predicted octanol–water partition coefficient (Wildman–Crippen LogP) is 2.27. The Morgan fingerprint density at radius 2 is 1.60 bits per heavy atom. The molecule has 0 radical (unpaired) electrons. The van der Waals surface area contributed by atoms with Crippen molar-refractivity contribution in [3.63, 3.8) is 0 Å². The first-order valence-electron chi connectivity index (χ1n) is 8.16. The van der Waals surface area contributed by atoms with Gasteiger partial charge in [-0.2, -0.15) is 0 Å². The number of methoxy groups -OCH3 is 2. The smallest absolute Gasteiger partial charge is 0.0589 e. The summed E-state index contributed by atoms with van der Waals surface area (Å²) >= 11 is 0. The number of rotatable bonds is 10. The maximum atomic E-state index is 6.16. The van der Waals surface area contributed by atoms with Gasteiger partial charge in [-0.3, -0.25) is 0 Å². The van der Waals surface area contributed by atoms with E-state index in [1.807, 2.05) is 0 Å². The minimum atomic E-state index is 0.331. The van der Waals surface area contributed by atoms with Gasteiger partial charge < -0.3 is 20.1 Å². The maximum Gasteiger partial charge on any atom is 0.0589 e. The van der Waals surface area contributed by atoms with Crippen molar-refractivity contribution in [1.29, 1.82) is 0 Å². The van der Waals surface area contributed by atoms with Crippen LogP contribution < -0.4 is 5.73 Å². The van der Waals surface area contributed by atoms with Crippen molar-refractivity contribution in [3.05, 3.63) is 0 Å². The highest BCUT2D eigenvalue weighted by Gasteiger charge is 2.31. The van der Waals surface area contributed by atoms with Gasteiger partial charge in [-0.15, -0.1) is 0 Å². The van der Waals surface area contributed by atoms with E-state index in [4.69, 9.17) is 15.2 Å². The maximum absolute atomic E-state index is 6.16.